The Morgan fingerprint density at radius 1 is 1.10 bits per heavy atom. The third-order valence-electron chi connectivity index (χ3n) is 3.36. The third-order valence-corrected chi connectivity index (χ3v) is 8.10. The van der Waals surface area contributed by atoms with Gasteiger partial charge in [-0.15, -0.1) is 5.54 Å². The maximum atomic E-state index is 10.0. The second-order valence-corrected chi connectivity index (χ2v) is 9.26. The minimum absolute atomic E-state index is 0.419. The van der Waals surface area contributed by atoms with E-state index in [0.29, 0.717) is 6.29 Å². The van der Waals surface area contributed by atoms with Crippen LogP contribution >= 0.6 is 0 Å². The molecule has 0 rings (SSSR count). The van der Waals surface area contributed by atoms with Crippen LogP contribution in [0.3, 0.4) is 0 Å². The molecule has 2 unspecified atom stereocenters. The van der Waals surface area contributed by atoms with Crippen molar-refractivity contribution in [3.8, 4) is 35.1 Å². The van der Waals surface area contributed by atoms with Crippen molar-refractivity contribution in [2.45, 2.75) is 51.1 Å². The Hall–Kier alpha value is -1.51. The molecule has 0 saturated heterocycles. The second-order valence-electron chi connectivity index (χ2n) is 4.32. The number of hydrogen-bond donors (Lipinski definition) is 1. The van der Waals surface area contributed by atoms with Crippen LogP contribution in [0.25, 0.3) is 0 Å². The van der Waals surface area contributed by atoms with Crippen LogP contribution in [-0.4, -0.2) is 38.8 Å². The normalized spacial score (nSPS) is 12.7. The fraction of sp³-hybridized carbons (Fsp3) is 0.562. The molecule has 108 valence electrons. The zero-order valence-electron chi connectivity index (χ0n) is 12.6. The Kier molecular flexibility index (Phi) is 9.52. The Bertz CT molecular complexity index is 467. The van der Waals surface area contributed by atoms with Crippen molar-refractivity contribution in [2.24, 2.45) is 0 Å². The molecule has 0 heterocycles. The lowest BCUT2D eigenvalue weighted by molar-refractivity contribution is -0.103. The van der Waals surface area contributed by atoms with Gasteiger partial charge in [0.05, 0.1) is 0 Å². The third kappa shape index (κ3) is 6.59. The van der Waals surface area contributed by atoms with Crippen molar-refractivity contribution < 1.29 is 14.6 Å². The number of aliphatic hydroxyl groups is 1. The summed E-state index contributed by atoms with van der Waals surface area (Å²) in [5, 5.41) is 9.39. The summed E-state index contributed by atoms with van der Waals surface area (Å²) in [7, 11) is 0.0130. The molecular weight excluding hydrogens is 268 g/mol. The van der Waals surface area contributed by atoms with E-state index in [9.17, 15) is 9.90 Å². The highest BCUT2D eigenvalue weighted by molar-refractivity contribution is 6.87. The van der Waals surface area contributed by atoms with Gasteiger partial charge in [-0.05, 0) is 24.1 Å². The number of methoxy groups -OCH3 is 1. The molecule has 20 heavy (non-hydrogen) atoms. The van der Waals surface area contributed by atoms with Gasteiger partial charge in [-0.1, -0.05) is 44.5 Å². The predicted octanol–water partition coefficient (Wildman–Crippen LogP) is 1.62. The smallest absolute Gasteiger partial charge is 0.192 e. The van der Waals surface area contributed by atoms with Crippen LogP contribution in [0, 0.1) is 35.1 Å². The molecule has 0 fully saturated rings. The Balaban J connectivity index is 4.97. The minimum atomic E-state index is -1.52. The lowest BCUT2D eigenvalue weighted by Gasteiger charge is -2.20. The van der Waals surface area contributed by atoms with Gasteiger partial charge in [-0.25, -0.2) is 0 Å². The molecule has 1 N–H and O–H groups in total. The van der Waals surface area contributed by atoms with E-state index in [-0.39, 0.29) is 0 Å². The van der Waals surface area contributed by atoms with Gasteiger partial charge < -0.3 is 9.84 Å². The van der Waals surface area contributed by atoms with Crippen LogP contribution in [0.1, 0.15) is 20.8 Å². The summed E-state index contributed by atoms with van der Waals surface area (Å²) in [5.74, 6) is 12.7. The van der Waals surface area contributed by atoms with E-state index in [1.807, 2.05) is 0 Å². The van der Waals surface area contributed by atoms with Gasteiger partial charge in [0, 0.05) is 7.11 Å². The summed E-state index contributed by atoms with van der Waals surface area (Å²) in [6.07, 6.45) is -1.26. The van der Waals surface area contributed by atoms with Gasteiger partial charge in [0.15, 0.2) is 18.5 Å². The summed E-state index contributed by atoms with van der Waals surface area (Å²) in [4.78, 5) is 10.0. The average molecular weight is 290 g/mol. The number of carbonyl (C=O) groups is 1. The lowest BCUT2D eigenvalue weighted by Crippen LogP contribution is -2.30. The monoisotopic (exact) mass is 290 g/mol. The molecule has 0 aromatic heterocycles. The maximum Gasteiger partial charge on any atom is 0.192 e. The number of ether oxygens (including phenoxy) is 1. The van der Waals surface area contributed by atoms with E-state index < -0.39 is 20.3 Å². The fourth-order valence-electron chi connectivity index (χ4n) is 1.69. The number of rotatable bonds is 4. The molecule has 0 spiro atoms. The standard InChI is InChI=1S/C16H22O3Si/c1-5-20(6-2,7-3)14-12-16(19-4)11-10-15(18)9-8-13-17/h13,15-16,18H,5-7H2,1-4H3. The SMILES string of the molecule is CC[Si](C#CC(C#CC(O)C#CC=O)OC)(CC)CC. The summed E-state index contributed by atoms with van der Waals surface area (Å²) in [6, 6.07) is 3.35. The first kappa shape index (κ1) is 18.5. The molecule has 0 aliphatic heterocycles. The summed E-state index contributed by atoms with van der Waals surface area (Å²) in [6.45, 7) is 6.54. The number of aliphatic hydroxyl groups excluding tert-OH is 1. The quantitative estimate of drug-likeness (QED) is 0.486. The highest BCUT2D eigenvalue weighted by Gasteiger charge is 2.24. The van der Waals surface area contributed by atoms with E-state index >= 15 is 0 Å². The molecule has 0 aliphatic carbocycles. The average Bonchev–Trinajstić information content (AvgIpc) is 2.49. The van der Waals surface area contributed by atoms with Gasteiger partial charge in [0.25, 0.3) is 0 Å². The molecule has 4 heteroatoms. The summed E-state index contributed by atoms with van der Waals surface area (Å²) >= 11 is 0. The van der Waals surface area contributed by atoms with Gasteiger partial charge in [-0.3, -0.25) is 4.79 Å². The van der Waals surface area contributed by atoms with Crippen molar-refractivity contribution in [1.29, 1.82) is 0 Å². The van der Waals surface area contributed by atoms with Crippen LogP contribution in [0.2, 0.25) is 18.1 Å². The maximum absolute atomic E-state index is 10.0. The minimum Gasteiger partial charge on any atom is -0.369 e. The van der Waals surface area contributed by atoms with E-state index in [4.69, 9.17) is 4.74 Å². The van der Waals surface area contributed by atoms with E-state index in [1.165, 1.54) is 7.11 Å². The first-order chi connectivity index (χ1) is 9.57. The van der Waals surface area contributed by atoms with Crippen molar-refractivity contribution >= 4 is 14.4 Å². The molecule has 0 radical (unpaired) electrons. The van der Waals surface area contributed by atoms with Crippen molar-refractivity contribution in [1.82, 2.24) is 0 Å². The Labute approximate surface area is 123 Å². The van der Waals surface area contributed by atoms with Crippen LogP contribution in [-0.2, 0) is 9.53 Å². The van der Waals surface area contributed by atoms with E-state index in [2.05, 4.69) is 55.9 Å². The van der Waals surface area contributed by atoms with Gasteiger partial charge >= 0.3 is 0 Å². The molecule has 0 saturated carbocycles. The molecule has 0 aliphatic rings. The fourth-order valence-corrected chi connectivity index (χ4v) is 4.16. The van der Waals surface area contributed by atoms with Crippen LogP contribution in [0.15, 0.2) is 0 Å². The predicted molar refractivity (Wildman–Crippen MR) is 83.4 cm³/mol. The second kappa shape index (κ2) is 10.3. The molecule has 0 aromatic carbocycles. The van der Waals surface area contributed by atoms with E-state index in [1.54, 1.807) is 0 Å². The van der Waals surface area contributed by atoms with E-state index in [0.717, 1.165) is 18.1 Å². The van der Waals surface area contributed by atoms with Crippen LogP contribution < -0.4 is 0 Å². The molecule has 0 amide bonds. The van der Waals surface area contributed by atoms with Crippen molar-refractivity contribution in [3.63, 3.8) is 0 Å². The number of carbonyl (C=O) groups excluding carboxylic acids is 1. The lowest BCUT2D eigenvalue weighted by atomic mass is 10.3. The van der Waals surface area contributed by atoms with Gasteiger partial charge in [-0.2, -0.15) is 0 Å². The van der Waals surface area contributed by atoms with Crippen LogP contribution in [0.4, 0.5) is 0 Å². The van der Waals surface area contributed by atoms with Gasteiger partial charge in [0.2, 0.25) is 0 Å². The topological polar surface area (TPSA) is 46.5 Å². The zero-order chi connectivity index (χ0) is 15.4. The number of hydrogen-bond acceptors (Lipinski definition) is 3. The first-order valence-electron chi connectivity index (χ1n) is 6.76. The van der Waals surface area contributed by atoms with Gasteiger partial charge in [0.1, 0.15) is 8.07 Å². The molecule has 0 bridgehead atoms. The largest absolute Gasteiger partial charge is 0.369 e. The Morgan fingerprint density at radius 2 is 1.70 bits per heavy atom. The molecular formula is C16H22O3Si. The molecule has 0 aromatic rings. The first-order valence-corrected chi connectivity index (χ1v) is 9.38. The molecule has 2 atom stereocenters. The highest BCUT2D eigenvalue weighted by Crippen LogP contribution is 2.18. The Morgan fingerprint density at radius 3 is 2.15 bits per heavy atom. The number of aldehydes is 1. The molecule has 3 nitrogen and oxygen atoms in total. The summed E-state index contributed by atoms with van der Waals surface area (Å²) < 4.78 is 5.18. The van der Waals surface area contributed by atoms with Crippen molar-refractivity contribution in [2.75, 3.05) is 7.11 Å². The zero-order valence-corrected chi connectivity index (χ0v) is 13.6. The van der Waals surface area contributed by atoms with Crippen molar-refractivity contribution in [3.05, 3.63) is 0 Å². The summed E-state index contributed by atoms with van der Waals surface area (Å²) in [5.41, 5.74) is 3.39. The van der Waals surface area contributed by atoms with Crippen LogP contribution in [0.5, 0.6) is 0 Å². The highest BCUT2D eigenvalue weighted by atomic mass is 28.3.